The van der Waals surface area contributed by atoms with E-state index in [4.69, 9.17) is 0 Å². The Morgan fingerprint density at radius 1 is 1.08 bits per heavy atom. The second kappa shape index (κ2) is 7.60. The SMILES string of the molecule is CCS(=O)(=O)N1Cc2ccccc2CC1C(=O)N(C)Cc1ccccc1. The number of hydrogen-bond donors (Lipinski definition) is 0. The van der Waals surface area contributed by atoms with Crippen LogP contribution >= 0.6 is 0 Å². The maximum absolute atomic E-state index is 13.1. The molecule has 5 nitrogen and oxygen atoms in total. The molecule has 0 saturated carbocycles. The number of likely N-dealkylation sites (N-methyl/N-ethyl adjacent to an activating group) is 1. The van der Waals surface area contributed by atoms with Gasteiger partial charge in [-0.2, -0.15) is 4.31 Å². The molecule has 1 aliphatic heterocycles. The van der Waals surface area contributed by atoms with Gasteiger partial charge in [0.2, 0.25) is 15.9 Å². The van der Waals surface area contributed by atoms with Crippen LogP contribution in [-0.2, 0) is 34.3 Å². The van der Waals surface area contributed by atoms with Crippen LogP contribution in [-0.4, -0.2) is 42.4 Å². The molecule has 0 aliphatic carbocycles. The van der Waals surface area contributed by atoms with Gasteiger partial charge in [-0.05, 0) is 30.0 Å². The van der Waals surface area contributed by atoms with Gasteiger partial charge < -0.3 is 4.90 Å². The molecular weight excluding hydrogens is 348 g/mol. The van der Waals surface area contributed by atoms with Gasteiger partial charge in [0.1, 0.15) is 6.04 Å². The summed E-state index contributed by atoms with van der Waals surface area (Å²) < 4.78 is 26.6. The van der Waals surface area contributed by atoms with E-state index in [0.29, 0.717) is 13.0 Å². The Hall–Kier alpha value is -2.18. The summed E-state index contributed by atoms with van der Waals surface area (Å²) in [5.74, 6) is -0.179. The normalized spacial score (nSPS) is 17.5. The molecule has 3 rings (SSSR count). The average Bonchev–Trinajstić information content (AvgIpc) is 2.67. The van der Waals surface area contributed by atoms with Crippen LogP contribution in [0.5, 0.6) is 0 Å². The number of hydrogen-bond acceptors (Lipinski definition) is 3. The monoisotopic (exact) mass is 372 g/mol. The Morgan fingerprint density at radius 3 is 2.35 bits per heavy atom. The second-order valence-electron chi connectivity index (χ2n) is 6.61. The van der Waals surface area contributed by atoms with Crippen molar-refractivity contribution in [2.24, 2.45) is 0 Å². The Kier molecular flexibility index (Phi) is 5.44. The van der Waals surface area contributed by atoms with Crippen molar-refractivity contribution in [2.45, 2.75) is 32.5 Å². The van der Waals surface area contributed by atoms with Gasteiger partial charge in [-0.1, -0.05) is 54.6 Å². The molecule has 0 fully saturated rings. The number of benzene rings is 2. The van der Waals surface area contributed by atoms with E-state index in [-0.39, 0.29) is 18.2 Å². The minimum atomic E-state index is -3.48. The predicted octanol–water partition coefficient (Wildman–Crippen LogP) is 2.42. The first-order valence-corrected chi connectivity index (χ1v) is 10.4. The maximum Gasteiger partial charge on any atom is 0.241 e. The Balaban J connectivity index is 1.88. The molecule has 0 N–H and O–H groups in total. The predicted molar refractivity (Wildman–Crippen MR) is 102 cm³/mol. The van der Waals surface area contributed by atoms with Gasteiger partial charge in [0.15, 0.2) is 0 Å². The van der Waals surface area contributed by atoms with Crippen molar-refractivity contribution in [1.82, 2.24) is 9.21 Å². The summed E-state index contributed by atoms with van der Waals surface area (Å²) >= 11 is 0. The average molecular weight is 372 g/mol. The molecule has 1 heterocycles. The fourth-order valence-corrected chi connectivity index (χ4v) is 4.58. The summed E-state index contributed by atoms with van der Waals surface area (Å²) in [7, 11) is -1.75. The van der Waals surface area contributed by atoms with Crippen molar-refractivity contribution in [1.29, 1.82) is 0 Å². The number of carbonyl (C=O) groups is 1. The number of fused-ring (bicyclic) bond motifs is 1. The summed E-state index contributed by atoms with van der Waals surface area (Å²) in [5.41, 5.74) is 3.03. The molecular formula is C20H24N2O3S. The molecule has 6 heteroatoms. The first-order valence-electron chi connectivity index (χ1n) is 8.77. The lowest BCUT2D eigenvalue weighted by Crippen LogP contribution is -2.53. The standard InChI is InChI=1S/C20H24N2O3S/c1-3-26(24,25)22-15-18-12-8-7-11-17(18)13-19(22)20(23)21(2)14-16-9-5-4-6-10-16/h4-12,19H,3,13-15H2,1-2H3. The fraction of sp³-hybridized carbons (Fsp3) is 0.350. The fourth-order valence-electron chi connectivity index (χ4n) is 3.36. The molecule has 0 radical (unpaired) electrons. The summed E-state index contributed by atoms with van der Waals surface area (Å²) in [6.45, 7) is 2.32. The van der Waals surface area contributed by atoms with Crippen LogP contribution in [0.2, 0.25) is 0 Å². The molecule has 1 unspecified atom stereocenters. The minimum absolute atomic E-state index is 0.0126. The third-order valence-electron chi connectivity index (χ3n) is 4.85. The molecule has 1 aliphatic rings. The van der Waals surface area contributed by atoms with Crippen molar-refractivity contribution < 1.29 is 13.2 Å². The highest BCUT2D eigenvalue weighted by Gasteiger charge is 2.39. The quantitative estimate of drug-likeness (QED) is 0.810. The summed E-state index contributed by atoms with van der Waals surface area (Å²) in [4.78, 5) is 14.7. The number of rotatable bonds is 5. The molecule has 1 amide bonds. The van der Waals surface area contributed by atoms with Crippen LogP contribution in [0, 0.1) is 0 Å². The van der Waals surface area contributed by atoms with Gasteiger partial charge in [0.05, 0.1) is 5.75 Å². The molecule has 138 valence electrons. The lowest BCUT2D eigenvalue weighted by molar-refractivity contribution is -0.135. The van der Waals surface area contributed by atoms with Crippen molar-refractivity contribution in [3.05, 3.63) is 71.3 Å². The van der Waals surface area contributed by atoms with Crippen molar-refractivity contribution in [3.8, 4) is 0 Å². The Bertz CT molecular complexity index is 881. The van der Waals surface area contributed by atoms with Gasteiger partial charge in [-0.3, -0.25) is 4.79 Å². The molecule has 2 aromatic rings. The number of nitrogens with zero attached hydrogens (tertiary/aromatic N) is 2. The lowest BCUT2D eigenvalue weighted by atomic mass is 9.95. The van der Waals surface area contributed by atoms with Crippen molar-refractivity contribution in [3.63, 3.8) is 0 Å². The van der Waals surface area contributed by atoms with Gasteiger partial charge >= 0.3 is 0 Å². The second-order valence-corrected chi connectivity index (χ2v) is 8.82. The topological polar surface area (TPSA) is 57.7 Å². The summed E-state index contributed by atoms with van der Waals surface area (Å²) in [6.07, 6.45) is 0.410. The molecule has 26 heavy (non-hydrogen) atoms. The lowest BCUT2D eigenvalue weighted by Gasteiger charge is -2.36. The molecule has 0 bridgehead atoms. The molecule has 2 aromatic carbocycles. The minimum Gasteiger partial charge on any atom is -0.340 e. The van der Waals surface area contributed by atoms with E-state index >= 15 is 0 Å². The van der Waals surface area contributed by atoms with Crippen LogP contribution in [0.3, 0.4) is 0 Å². The van der Waals surface area contributed by atoms with E-state index in [9.17, 15) is 13.2 Å². The Labute approximate surface area is 155 Å². The van der Waals surface area contributed by atoms with E-state index in [2.05, 4.69) is 0 Å². The van der Waals surface area contributed by atoms with Gasteiger partial charge in [0, 0.05) is 20.1 Å². The third-order valence-corrected chi connectivity index (χ3v) is 6.68. The maximum atomic E-state index is 13.1. The molecule has 0 aromatic heterocycles. The van der Waals surface area contributed by atoms with Crippen LogP contribution in [0.4, 0.5) is 0 Å². The third kappa shape index (κ3) is 3.81. The van der Waals surface area contributed by atoms with Crippen LogP contribution in [0.25, 0.3) is 0 Å². The van der Waals surface area contributed by atoms with Gasteiger partial charge in [0.25, 0.3) is 0 Å². The smallest absolute Gasteiger partial charge is 0.241 e. The van der Waals surface area contributed by atoms with Crippen molar-refractivity contribution in [2.75, 3.05) is 12.8 Å². The van der Waals surface area contributed by atoms with Crippen LogP contribution in [0.15, 0.2) is 54.6 Å². The van der Waals surface area contributed by atoms with Crippen molar-refractivity contribution >= 4 is 15.9 Å². The highest BCUT2D eigenvalue weighted by molar-refractivity contribution is 7.89. The summed E-state index contributed by atoms with van der Waals surface area (Å²) in [6, 6.07) is 16.8. The first-order chi connectivity index (χ1) is 12.4. The van der Waals surface area contributed by atoms with E-state index in [1.54, 1.807) is 18.9 Å². The number of sulfonamides is 1. The van der Waals surface area contributed by atoms with Crippen LogP contribution < -0.4 is 0 Å². The Morgan fingerprint density at radius 2 is 1.69 bits per heavy atom. The van der Waals surface area contributed by atoms with Gasteiger partial charge in [-0.15, -0.1) is 0 Å². The molecule has 0 saturated heterocycles. The summed E-state index contributed by atoms with van der Waals surface area (Å²) in [5, 5.41) is 0. The largest absolute Gasteiger partial charge is 0.340 e. The molecule has 0 spiro atoms. The highest BCUT2D eigenvalue weighted by Crippen LogP contribution is 2.27. The first kappa shape index (κ1) is 18.6. The number of carbonyl (C=O) groups excluding carboxylic acids is 1. The van der Waals surface area contributed by atoms with Gasteiger partial charge in [-0.25, -0.2) is 8.42 Å². The zero-order chi connectivity index (χ0) is 18.7. The zero-order valence-corrected chi connectivity index (χ0v) is 15.9. The zero-order valence-electron chi connectivity index (χ0n) is 15.1. The molecule has 1 atom stereocenters. The van der Waals surface area contributed by atoms with Crippen LogP contribution in [0.1, 0.15) is 23.6 Å². The van der Waals surface area contributed by atoms with E-state index in [1.165, 1.54) is 4.31 Å². The highest BCUT2D eigenvalue weighted by atomic mass is 32.2. The van der Waals surface area contributed by atoms with E-state index < -0.39 is 16.1 Å². The van der Waals surface area contributed by atoms with E-state index in [0.717, 1.165) is 16.7 Å². The van der Waals surface area contributed by atoms with E-state index in [1.807, 2.05) is 54.6 Å². The number of amides is 1.